The molecular formula is C18H24O5. The third-order valence-electron chi connectivity index (χ3n) is 4.65. The molecule has 1 unspecified atom stereocenters. The number of hydrogen-bond donors (Lipinski definition) is 0. The van der Waals surface area contributed by atoms with Gasteiger partial charge in [-0.25, -0.2) is 0 Å². The molecule has 0 aromatic heterocycles. The Morgan fingerprint density at radius 3 is 2.87 bits per heavy atom. The molecule has 0 bridgehead atoms. The first-order valence-electron chi connectivity index (χ1n) is 7.85. The van der Waals surface area contributed by atoms with E-state index in [4.69, 9.17) is 14.2 Å². The van der Waals surface area contributed by atoms with Gasteiger partial charge in [-0.2, -0.15) is 0 Å². The predicted molar refractivity (Wildman–Crippen MR) is 85.6 cm³/mol. The molecule has 3 atom stereocenters. The second kappa shape index (κ2) is 7.70. The molecule has 0 N–H and O–H groups in total. The number of allylic oxidation sites excluding steroid dienone is 2. The Morgan fingerprint density at radius 1 is 1.43 bits per heavy atom. The molecule has 0 amide bonds. The standard InChI is InChI=1S/C18H24O5/c1-4-9-18-13(7-6-8-15(18)23-12-21-3)11-14(19)16(18)17(20)22-10-5-2/h4-5,11,15-16H,1-2,6-10,12H2,3H3/t15-,16?,18-/m1/s1. The normalized spacial score (nSPS) is 29.6. The van der Waals surface area contributed by atoms with E-state index in [2.05, 4.69) is 13.2 Å². The molecule has 23 heavy (non-hydrogen) atoms. The molecule has 0 radical (unpaired) electrons. The SMILES string of the molecule is C=CCOC(=O)C1C(=O)C=C2CCC[C@@H](OCOC)[C@@]21CC=C. The highest BCUT2D eigenvalue weighted by Gasteiger charge is 2.59. The lowest BCUT2D eigenvalue weighted by molar-refractivity contribution is -0.166. The van der Waals surface area contributed by atoms with Crippen LogP contribution in [-0.2, 0) is 23.8 Å². The van der Waals surface area contributed by atoms with E-state index in [1.807, 2.05) is 0 Å². The van der Waals surface area contributed by atoms with Gasteiger partial charge in [0.2, 0.25) is 0 Å². The lowest BCUT2D eigenvalue weighted by Crippen LogP contribution is -2.49. The first kappa shape index (κ1) is 17.6. The molecule has 0 aliphatic heterocycles. The average molecular weight is 320 g/mol. The number of ketones is 1. The van der Waals surface area contributed by atoms with E-state index < -0.39 is 17.3 Å². The summed E-state index contributed by atoms with van der Waals surface area (Å²) in [4.78, 5) is 25.0. The molecule has 1 saturated carbocycles. The number of esters is 1. The topological polar surface area (TPSA) is 61.8 Å². The van der Waals surface area contributed by atoms with E-state index in [0.717, 1.165) is 24.8 Å². The molecule has 0 heterocycles. The van der Waals surface area contributed by atoms with Crippen LogP contribution in [0, 0.1) is 11.3 Å². The first-order valence-corrected chi connectivity index (χ1v) is 7.85. The molecule has 2 aliphatic carbocycles. The van der Waals surface area contributed by atoms with Crippen LogP contribution in [-0.4, -0.2) is 38.4 Å². The molecule has 1 fully saturated rings. The van der Waals surface area contributed by atoms with Crippen molar-refractivity contribution in [3.8, 4) is 0 Å². The Bertz CT molecular complexity index is 522. The maximum Gasteiger partial charge on any atom is 0.318 e. The summed E-state index contributed by atoms with van der Waals surface area (Å²) < 4.78 is 16.1. The van der Waals surface area contributed by atoms with Crippen molar-refractivity contribution >= 4 is 11.8 Å². The minimum absolute atomic E-state index is 0.0890. The van der Waals surface area contributed by atoms with E-state index in [0.29, 0.717) is 6.42 Å². The Hall–Kier alpha value is -1.72. The molecule has 2 aliphatic rings. The van der Waals surface area contributed by atoms with Crippen molar-refractivity contribution in [2.24, 2.45) is 11.3 Å². The van der Waals surface area contributed by atoms with Crippen LogP contribution in [0.2, 0.25) is 0 Å². The summed E-state index contributed by atoms with van der Waals surface area (Å²) in [5.41, 5.74) is 0.267. The molecule has 5 nitrogen and oxygen atoms in total. The van der Waals surface area contributed by atoms with E-state index in [-0.39, 0.29) is 25.3 Å². The van der Waals surface area contributed by atoms with Gasteiger partial charge >= 0.3 is 5.97 Å². The van der Waals surface area contributed by atoms with Crippen molar-refractivity contribution in [2.45, 2.75) is 31.8 Å². The number of rotatable bonds is 8. The zero-order valence-corrected chi connectivity index (χ0v) is 13.6. The summed E-state index contributed by atoms with van der Waals surface area (Å²) in [5, 5.41) is 0. The molecule has 126 valence electrons. The number of hydrogen-bond acceptors (Lipinski definition) is 5. The van der Waals surface area contributed by atoms with Crippen LogP contribution in [0.25, 0.3) is 0 Å². The Labute approximate surface area is 137 Å². The quantitative estimate of drug-likeness (QED) is 0.298. The first-order chi connectivity index (χ1) is 11.1. The summed E-state index contributed by atoms with van der Waals surface area (Å²) in [5.74, 6) is -1.60. The molecule has 0 aromatic rings. The predicted octanol–water partition coefficient (Wildman–Crippen LogP) is 2.58. The average Bonchev–Trinajstić information content (AvgIpc) is 2.83. The van der Waals surface area contributed by atoms with Crippen molar-refractivity contribution in [1.82, 2.24) is 0 Å². The Balaban J connectivity index is 2.39. The van der Waals surface area contributed by atoms with Gasteiger partial charge in [0.05, 0.1) is 6.10 Å². The van der Waals surface area contributed by atoms with Crippen molar-refractivity contribution < 1.29 is 23.8 Å². The van der Waals surface area contributed by atoms with E-state index >= 15 is 0 Å². The summed E-state index contributed by atoms with van der Waals surface area (Å²) in [6.07, 6.45) is 7.54. The van der Waals surface area contributed by atoms with E-state index in [1.165, 1.54) is 6.08 Å². The number of carbonyl (C=O) groups excluding carboxylic acids is 2. The Morgan fingerprint density at radius 2 is 2.22 bits per heavy atom. The Kier molecular flexibility index (Phi) is 5.91. The third kappa shape index (κ3) is 3.16. The van der Waals surface area contributed by atoms with Crippen molar-refractivity contribution in [1.29, 1.82) is 0 Å². The highest BCUT2D eigenvalue weighted by molar-refractivity contribution is 6.09. The van der Waals surface area contributed by atoms with Gasteiger partial charge in [0, 0.05) is 12.5 Å². The van der Waals surface area contributed by atoms with E-state index in [1.54, 1.807) is 19.3 Å². The molecule has 0 saturated heterocycles. The van der Waals surface area contributed by atoms with Crippen molar-refractivity contribution in [3.05, 3.63) is 37.0 Å². The fourth-order valence-electron chi connectivity index (χ4n) is 3.81. The van der Waals surface area contributed by atoms with Crippen molar-refractivity contribution in [3.63, 3.8) is 0 Å². The summed E-state index contributed by atoms with van der Waals surface area (Å²) in [6, 6.07) is 0. The molecule has 2 rings (SSSR count). The van der Waals surface area contributed by atoms with Crippen LogP contribution in [0.1, 0.15) is 25.7 Å². The van der Waals surface area contributed by atoms with Gasteiger partial charge in [-0.15, -0.1) is 6.58 Å². The number of ether oxygens (including phenoxy) is 3. The van der Waals surface area contributed by atoms with Crippen LogP contribution in [0.5, 0.6) is 0 Å². The summed E-state index contributed by atoms with van der Waals surface area (Å²) >= 11 is 0. The zero-order chi connectivity index (χ0) is 16.9. The minimum atomic E-state index is -0.877. The van der Waals surface area contributed by atoms with Gasteiger partial charge in [0.1, 0.15) is 19.3 Å². The number of methoxy groups -OCH3 is 1. The molecule has 0 aromatic carbocycles. The maximum absolute atomic E-state index is 12.5. The van der Waals surface area contributed by atoms with Crippen LogP contribution in [0.15, 0.2) is 37.0 Å². The number of fused-ring (bicyclic) bond motifs is 1. The zero-order valence-electron chi connectivity index (χ0n) is 13.6. The van der Waals surface area contributed by atoms with Gasteiger partial charge in [-0.05, 0) is 31.8 Å². The van der Waals surface area contributed by atoms with Crippen LogP contribution in [0.3, 0.4) is 0 Å². The largest absolute Gasteiger partial charge is 0.461 e. The molecule has 5 heteroatoms. The van der Waals surface area contributed by atoms with E-state index in [9.17, 15) is 9.59 Å². The maximum atomic E-state index is 12.5. The van der Waals surface area contributed by atoms with Gasteiger partial charge in [-0.1, -0.05) is 24.3 Å². The summed E-state index contributed by atoms with van der Waals surface area (Å²) in [6.45, 7) is 7.56. The minimum Gasteiger partial charge on any atom is -0.461 e. The highest BCUT2D eigenvalue weighted by Crippen LogP contribution is 2.55. The van der Waals surface area contributed by atoms with Crippen molar-refractivity contribution in [2.75, 3.05) is 20.5 Å². The lowest BCUT2D eigenvalue weighted by atomic mass is 9.62. The van der Waals surface area contributed by atoms with Crippen LogP contribution >= 0.6 is 0 Å². The fourth-order valence-corrected chi connectivity index (χ4v) is 3.81. The second-order valence-electron chi connectivity index (χ2n) is 5.91. The smallest absolute Gasteiger partial charge is 0.318 e. The highest BCUT2D eigenvalue weighted by atomic mass is 16.7. The second-order valence-corrected chi connectivity index (χ2v) is 5.91. The van der Waals surface area contributed by atoms with Gasteiger partial charge in [-0.3, -0.25) is 9.59 Å². The van der Waals surface area contributed by atoms with Gasteiger partial charge < -0.3 is 14.2 Å². The van der Waals surface area contributed by atoms with Crippen LogP contribution in [0.4, 0.5) is 0 Å². The molecular weight excluding hydrogens is 296 g/mol. The fraction of sp³-hybridized carbons (Fsp3) is 0.556. The number of carbonyl (C=O) groups is 2. The molecule has 0 spiro atoms. The van der Waals surface area contributed by atoms with Crippen LogP contribution < -0.4 is 0 Å². The lowest BCUT2D eigenvalue weighted by Gasteiger charge is -2.45. The van der Waals surface area contributed by atoms with Gasteiger partial charge in [0.25, 0.3) is 0 Å². The summed E-state index contributed by atoms with van der Waals surface area (Å²) in [7, 11) is 1.55. The van der Waals surface area contributed by atoms with Gasteiger partial charge in [0.15, 0.2) is 5.78 Å². The monoisotopic (exact) mass is 320 g/mol. The third-order valence-corrected chi connectivity index (χ3v) is 4.65.